The van der Waals surface area contributed by atoms with Crippen molar-refractivity contribution in [1.29, 1.82) is 0 Å². The first-order chi connectivity index (χ1) is 17.7. The molecule has 180 valence electrons. The minimum atomic E-state index is -0.964. The maximum atomic E-state index is 13.1. The Labute approximate surface area is 208 Å². The van der Waals surface area contributed by atoms with Gasteiger partial charge in [-0.25, -0.2) is 9.98 Å². The van der Waals surface area contributed by atoms with Crippen molar-refractivity contribution in [3.63, 3.8) is 0 Å². The minimum Gasteiger partial charge on any atom is -0.403 e. The van der Waals surface area contributed by atoms with Crippen molar-refractivity contribution in [2.45, 2.75) is 19.5 Å². The molecule has 2 aliphatic heterocycles. The Morgan fingerprint density at radius 1 is 1.00 bits per heavy atom. The van der Waals surface area contributed by atoms with E-state index in [1.54, 1.807) is 6.20 Å². The van der Waals surface area contributed by atoms with E-state index in [1.807, 2.05) is 66.7 Å². The van der Waals surface area contributed by atoms with Crippen LogP contribution >= 0.6 is 0 Å². The van der Waals surface area contributed by atoms with E-state index in [4.69, 9.17) is 9.41 Å². The van der Waals surface area contributed by atoms with Crippen molar-refractivity contribution in [3.05, 3.63) is 84.1 Å². The number of carbonyl (C=O) groups excluding carboxylic acids is 1. The number of benzodiazepines with no additional fused rings is 1. The molecule has 2 atom stereocenters. The summed E-state index contributed by atoms with van der Waals surface area (Å²) in [4.78, 5) is 24.7. The van der Waals surface area contributed by atoms with Crippen LogP contribution in [0.5, 0.6) is 0 Å². The van der Waals surface area contributed by atoms with E-state index in [-0.39, 0.29) is 11.9 Å². The number of aliphatic imine (C=N–C) groups is 1. The van der Waals surface area contributed by atoms with Gasteiger partial charge in [0.05, 0.1) is 17.0 Å². The molecule has 0 spiro atoms. The number of pyridine rings is 1. The summed E-state index contributed by atoms with van der Waals surface area (Å²) >= 11 is 0. The van der Waals surface area contributed by atoms with Gasteiger partial charge in [-0.2, -0.15) is 0 Å². The third-order valence-electron chi connectivity index (χ3n) is 6.42. The van der Waals surface area contributed by atoms with E-state index >= 15 is 0 Å². The lowest BCUT2D eigenvalue weighted by molar-refractivity contribution is -0.116. The molecule has 1 unspecified atom stereocenters. The Bertz CT molecular complexity index is 1430. The van der Waals surface area contributed by atoms with Crippen LogP contribution in [0.15, 0.2) is 82.3 Å². The molecule has 2 aromatic heterocycles. The molecule has 0 saturated carbocycles. The minimum absolute atomic E-state index is 0.108. The molecule has 1 saturated heterocycles. The van der Waals surface area contributed by atoms with Crippen molar-refractivity contribution in [3.8, 4) is 11.5 Å². The number of rotatable bonds is 5. The summed E-state index contributed by atoms with van der Waals surface area (Å²) in [5, 5.41) is 14.4. The molecule has 2 aliphatic rings. The third kappa shape index (κ3) is 4.19. The van der Waals surface area contributed by atoms with Gasteiger partial charge in [-0.15, -0.1) is 5.10 Å². The first-order valence-corrected chi connectivity index (χ1v) is 12.0. The number of nitrogens with one attached hydrogen (secondary N) is 2. The maximum Gasteiger partial charge on any atom is 0.317 e. The molecule has 4 aromatic rings. The van der Waals surface area contributed by atoms with Crippen LogP contribution in [-0.2, 0) is 4.79 Å². The Morgan fingerprint density at radius 2 is 1.81 bits per heavy atom. The molecule has 1 amide bonds. The highest BCUT2D eigenvalue weighted by molar-refractivity contribution is 6.19. The smallest absolute Gasteiger partial charge is 0.317 e. The van der Waals surface area contributed by atoms with Crippen molar-refractivity contribution in [1.82, 2.24) is 15.2 Å². The largest absolute Gasteiger partial charge is 0.403 e. The van der Waals surface area contributed by atoms with E-state index in [9.17, 15) is 4.79 Å². The fourth-order valence-corrected chi connectivity index (χ4v) is 4.63. The Morgan fingerprint density at radius 3 is 2.64 bits per heavy atom. The predicted octanol–water partition coefficient (Wildman–Crippen LogP) is 4.21. The van der Waals surface area contributed by atoms with Crippen LogP contribution in [0.25, 0.3) is 11.5 Å². The van der Waals surface area contributed by atoms with Gasteiger partial charge in [0.2, 0.25) is 6.17 Å². The zero-order chi connectivity index (χ0) is 24.5. The van der Waals surface area contributed by atoms with Crippen LogP contribution in [0.3, 0.4) is 0 Å². The maximum absolute atomic E-state index is 13.1. The monoisotopic (exact) mass is 479 g/mol. The molecule has 6 rings (SSSR count). The molecule has 2 aromatic carbocycles. The molecule has 2 N–H and O–H groups in total. The van der Waals surface area contributed by atoms with Crippen LogP contribution in [-0.4, -0.2) is 46.1 Å². The van der Waals surface area contributed by atoms with Crippen LogP contribution in [0, 0.1) is 5.92 Å². The highest BCUT2D eigenvalue weighted by atomic mass is 16.4. The first kappa shape index (κ1) is 22.0. The Balaban J connectivity index is 1.32. The third-order valence-corrected chi connectivity index (χ3v) is 6.42. The standard InChI is InChI=1S/C27H25N7O2/c1-17-13-15-34(16-17)24-20(11-7-14-28-24)26-32-33-27(36-26)31-23-25(35)29-21-12-6-5-10-19(21)22(30-23)18-8-3-2-4-9-18/h2-12,14,17,23H,13,15-16H2,1H3,(H,29,35)(H,31,33)/t17-,23?/m0/s1. The normalized spacial score (nSPS) is 19.3. The number of carbonyl (C=O) groups is 1. The van der Waals surface area contributed by atoms with Crippen LogP contribution in [0.2, 0.25) is 0 Å². The van der Waals surface area contributed by atoms with Gasteiger partial charge in [0, 0.05) is 30.4 Å². The number of amides is 1. The van der Waals surface area contributed by atoms with Crippen LogP contribution < -0.4 is 15.5 Å². The van der Waals surface area contributed by atoms with Gasteiger partial charge in [0.1, 0.15) is 5.82 Å². The molecule has 0 aliphatic carbocycles. The van der Waals surface area contributed by atoms with E-state index in [0.29, 0.717) is 23.2 Å². The van der Waals surface area contributed by atoms with Gasteiger partial charge < -0.3 is 20.0 Å². The Hall–Kier alpha value is -4.53. The molecule has 36 heavy (non-hydrogen) atoms. The van der Waals surface area contributed by atoms with E-state index in [2.05, 4.69) is 37.6 Å². The topological polar surface area (TPSA) is 109 Å². The average molecular weight is 480 g/mol. The summed E-state index contributed by atoms with van der Waals surface area (Å²) < 4.78 is 5.96. The number of fused-ring (bicyclic) bond motifs is 1. The summed E-state index contributed by atoms with van der Waals surface area (Å²) in [5.74, 6) is 1.45. The number of hydrogen-bond acceptors (Lipinski definition) is 8. The molecule has 0 radical (unpaired) electrons. The number of anilines is 3. The fraction of sp³-hybridized carbons (Fsp3) is 0.222. The lowest BCUT2D eigenvalue weighted by Crippen LogP contribution is -2.32. The quantitative estimate of drug-likeness (QED) is 0.441. The van der Waals surface area contributed by atoms with Crippen LogP contribution in [0.1, 0.15) is 24.5 Å². The number of para-hydroxylation sites is 1. The fourth-order valence-electron chi connectivity index (χ4n) is 4.63. The molecule has 9 heteroatoms. The van der Waals surface area contributed by atoms with Gasteiger partial charge in [0.15, 0.2) is 0 Å². The van der Waals surface area contributed by atoms with E-state index < -0.39 is 6.17 Å². The molecular formula is C27H25N7O2. The lowest BCUT2D eigenvalue weighted by atomic mass is 10.0. The van der Waals surface area contributed by atoms with E-state index in [0.717, 1.165) is 42.0 Å². The molecular weight excluding hydrogens is 454 g/mol. The van der Waals surface area contributed by atoms with Gasteiger partial charge in [-0.3, -0.25) is 4.79 Å². The second-order valence-electron chi connectivity index (χ2n) is 9.05. The van der Waals surface area contributed by atoms with Gasteiger partial charge in [-0.05, 0) is 30.5 Å². The van der Waals surface area contributed by atoms with Crippen molar-refractivity contribution >= 4 is 29.1 Å². The highest BCUT2D eigenvalue weighted by Crippen LogP contribution is 2.32. The molecule has 1 fully saturated rings. The van der Waals surface area contributed by atoms with Crippen LogP contribution in [0.4, 0.5) is 17.5 Å². The number of nitrogens with zero attached hydrogens (tertiary/aromatic N) is 5. The first-order valence-electron chi connectivity index (χ1n) is 12.0. The van der Waals surface area contributed by atoms with Crippen molar-refractivity contribution in [2.75, 3.05) is 28.6 Å². The zero-order valence-electron chi connectivity index (χ0n) is 19.8. The SMILES string of the molecule is C[C@H]1CCN(c2ncccc2-c2nnc(NC3N=C(c4ccccc4)c4ccccc4NC3=O)o2)C1. The number of benzene rings is 2. The van der Waals surface area contributed by atoms with Crippen molar-refractivity contribution in [2.24, 2.45) is 10.9 Å². The predicted molar refractivity (Wildman–Crippen MR) is 138 cm³/mol. The average Bonchev–Trinajstić information content (AvgIpc) is 3.53. The highest BCUT2D eigenvalue weighted by Gasteiger charge is 2.28. The summed E-state index contributed by atoms with van der Waals surface area (Å²) in [6.07, 6.45) is 1.92. The second kappa shape index (κ2) is 9.26. The summed E-state index contributed by atoms with van der Waals surface area (Å²) in [6, 6.07) is 21.3. The lowest BCUT2D eigenvalue weighted by Gasteiger charge is -2.18. The molecule has 9 nitrogen and oxygen atoms in total. The van der Waals surface area contributed by atoms with Gasteiger partial charge >= 0.3 is 6.01 Å². The van der Waals surface area contributed by atoms with Gasteiger partial charge in [-0.1, -0.05) is 60.6 Å². The van der Waals surface area contributed by atoms with Crippen molar-refractivity contribution < 1.29 is 9.21 Å². The summed E-state index contributed by atoms with van der Waals surface area (Å²) in [7, 11) is 0. The van der Waals surface area contributed by atoms with E-state index in [1.165, 1.54) is 0 Å². The van der Waals surface area contributed by atoms with Gasteiger partial charge in [0.25, 0.3) is 11.8 Å². The molecule has 4 heterocycles. The zero-order valence-corrected chi connectivity index (χ0v) is 19.8. The second-order valence-corrected chi connectivity index (χ2v) is 9.05. The Kier molecular flexibility index (Phi) is 5.65. The number of hydrogen-bond donors (Lipinski definition) is 2. The summed E-state index contributed by atoms with van der Waals surface area (Å²) in [5.41, 5.74) is 3.89. The molecule has 0 bridgehead atoms. The number of aromatic nitrogens is 3. The summed E-state index contributed by atoms with van der Waals surface area (Å²) in [6.45, 7) is 4.10.